The average Bonchev–Trinajstić information content (AvgIpc) is 3.48. The van der Waals surface area contributed by atoms with E-state index in [-0.39, 0.29) is 42.6 Å². The Morgan fingerprint density at radius 3 is 2.26 bits per heavy atom. The van der Waals surface area contributed by atoms with Gasteiger partial charge in [0.1, 0.15) is 6.61 Å². The number of carboxylic acid groups (broad SMARTS) is 1. The zero-order valence-corrected chi connectivity index (χ0v) is 19.6. The summed E-state index contributed by atoms with van der Waals surface area (Å²) in [5.41, 5.74) is 4.13. The molecule has 7 nitrogen and oxygen atoms in total. The molecule has 1 unspecified atom stereocenters. The van der Waals surface area contributed by atoms with Crippen LogP contribution in [0.15, 0.2) is 48.5 Å². The first-order chi connectivity index (χ1) is 17.0. The number of amides is 2. The predicted octanol–water partition coefficient (Wildman–Crippen LogP) is 4.02. The summed E-state index contributed by atoms with van der Waals surface area (Å²) in [4.78, 5) is 39.0. The van der Waals surface area contributed by atoms with Gasteiger partial charge >= 0.3 is 12.1 Å². The molecule has 0 spiro atoms. The van der Waals surface area contributed by atoms with Crippen molar-refractivity contribution in [3.05, 3.63) is 59.7 Å². The summed E-state index contributed by atoms with van der Waals surface area (Å²) in [7, 11) is 0. The number of hydrogen-bond acceptors (Lipinski definition) is 4. The second-order valence-electron chi connectivity index (χ2n) is 10.6. The van der Waals surface area contributed by atoms with Crippen LogP contribution in [0.2, 0.25) is 0 Å². The maximum absolute atomic E-state index is 13.1. The van der Waals surface area contributed by atoms with Crippen molar-refractivity contribution < 1.29 is 24.2 Å². The van der Waals surface area contributed by atoms with Crippen molar-refractivity contribution >= 4 is 18.0 Å². The number of alkyl carbamates (subject to hydrolysis) is 1. The minimum absolute atomic E-state index is 0.00173. The Balaban J connectivity index is 1.07. The molecule has 2 saturated carbocycles. The summed E-state index contributed by atoms with van der Waals surface area (Å²) >= 11 is 0. The molecule has 4 aliphatic rings. The third-order valence-electron chi connectivity index (χ3n) is 8.64. The van der Waals surface area contributed by atoms with Crippen molar-refractivity contribution in [2.45, 2.75) is 43.6 Å². The maximum Gasteiger partial charge on any atom is 0.407 e. The SMILES string of the molecule is O=C(NC1(CC(=O)N2CC[C@H]3C(C(=O)O)[C@H]3C2)CCC1)OCC1c2ccccc2-c2ccccc21. The Morgan fingerprint density at radius 1 is 1.00 bits per heavy atom. The molecule has 3 fully saturated rings. The van der Waals surface area contributed by atoms with Crippen molar-refractivity contribution in [2.24, 2.45) is 17.8 Å². The molecule has 2 aromatic rings. The average molecular weight is 475 g/mol. The molecule has 35 heavy (non-hydrogen) atoms. The van der Waals surface area contributed by atoms with E-state index in [9.17, 15) is 19.5 Å². The van der Waals surface area contributed by atoms with Gasteiger partial charge in [0.15, 0.2) is 0 Å². The Kier molecular flexibility index (Phi) is 5.31. The lowest BCUT2D eigenvalue weighted by molar-refractivity contribution is -0.139. The van der Waals surface area contributed by atoms with Gasteiger partial charge in [-0.25, -0.2) is 4.79 Å². The van der Waals surface area contributed by atoms with E-state index in [1.54, 1.807) is 4.90 Å². The third kappa shape index (κ3) is 3.87. The highest BCUT2D eigenvalue weighted by Gasteiger charge is 2.57. The van der Waals surface area contributed by atoms with Crippen LogP contribution in [-0.4, -0.2) is 53.2 Å². The third-order valence-corrected chi connectivity index (χ3v) is 8.64. The molecule has 1 heterocycles. The van der Waals surface area contributed by atoms with Crippen LogP contribution >= 0.6 is 0 Å². The van der Waals surface area contributed by atoms with Crippen molar-refractivity contribution in [3.63, 3.8) is 0 Å². The second kappa shape index (κ2) is 8.40. The highest BCUT2D eigenvalue weighted by Crippen LogP contribution is 2.52. The fraction of sp³-hybridized carbons (Fsp3) is 0.464. The predicted molar refractivity (Wildman–Crippen MR) is 129 cm³/mol. The van der Waals surface area contributed by atoms with Crippen LogP contribution in [0.4, 0.5) is 4.79 Å². The molecule has 2 aromatic carbocycles. The minimum Gasteiger partial charge on any atom is -0.481 e. The van der Waals surface area contributed by atoms with Crippen molar-refractivity contribution in [1.82, 2.24) is 10.2 Å². The molecule has 0 aromatic heterocycles. The molecule has 2 amide bonds. The van der Waals surface area contributed by atoms with E-state index in [2.05, 4.69) is 29.6 Å². The Hall–Kier alpha value is -3.35. The van der Waals surface area contributed by atoms with Crippen LogP contribution in [-0.2, 0) is 14.3 Å². The molecule has 3 aliphatic carbocycles. The van der Waals surface area contributed by atoms with Gasteiger partial charge in [0.25, 0.3) is 0 Å². The van der Waals surface area contributed by atoms with Gasteiger partial charge < -0.3 is 20.1 Å². The normalized spacial score (nSPS) is 25.5. The molecule has 1 aliphatic heterocycles. The second-order valence-corrected chi connectivity index (χ2v) is 10.6. The molecular weight excluding hydrogens is 444 g/mol. The maximum atomic E-state index is 13.1. The van der Waals surface area contributed by atoms with E-state index < -0.39 is 17.6 Å². The van der Waals surface area contributed by atoms with Crippen LogP contribution in [0.25, 0.3) is 11.1 Å². The van der Waals surface area contributed by atoms with E-state index in [1.165, 1.54) is 11.1 Å². The number of nitrogens with zero attached hydrogens (tertiary/aromatic N) is 1. The van der Waals surface area contributed by atoms with Gasteiger partial charge in [0.05, 0.1) is 17.9 Å². The van der Waals surface area contributed by atoms with E-state index in [0.29, 0.717) is 13.1 Å². The Morgan fingerprint density at radius 2 is 1.66 bits per heavy atom. The van der Waals surface area contributed by atoms with Crippen molar-refractivity contribution in [1.29, 1.82) is 0 Å². The van der Waals surface area contributed by atoms with Gasteiger partial charge in [-0.05, 0) is 59.8 Å². The summed E-state index contributed by atoms with van der Waals surface area (Å²) < 4.78 is 5.72. The number of aliphatic carboxylic acids is 1. The number of ether oxygens (including phenoxy) is 1. The summed E-state index contributed by atoms with van der Waals surface area (Å²) in [5.74, 6) is -0.760. The van der Waals surface area contributed by atoms with Crippen molar-refractivity contribution in [3.8, 4) is 11.1 Å². The van der Waals surface area contributed by atoms with Gasteiger partial charge in [0.2, 0.25) is 5.91 Å². The van der Waals surface area contributed by atoms with Crippen LogP contribution < -0.4 is 5.32 Å². The lowest BCUT2D eigenvalue weighted by Crippen LogP contribution is -2.56. The molecule has 0 radical (unpaired) electrons. The molecule has 6 rings (SSSR count). The van der Waals surface area contributed by atoms with E-state index in [0.717, 1.165) is 36.8 Å². The first-order valence-electron chi connectivity index (χ1n) is 12.6. The topological polar surface area (TPSA) is 95.9 Å². The number of fused-ring (bicyclic) bond motifs is 4. The lowest BCUT2D eigenvalue weighted by atomic mass is 9.74. The largest absolute Gasteiger partial charge is 0.481 e. The molecular formula is C28H30N2O5. The molecule has 1 saturated heterocycles. The van der Waals surface area contributed by atoms with Crippen molar-refractivity contribution in [2.75, 3.05) is 19.7 Å². The van der Waals surface area contributed by atoms with Gasteiger partial charge in [-0.3, -0.25) is 9.59 Å². The molecule has 3 atom stereocenters. The molecule has 7 heteroatoms. The summed E-state index contributed by atoms with van der Waals surface area (Å²) in [6.07, 6.45) is 2.97. The lowest BCUT2D eigenvalue weighted by Gasteiger charge is -2.43. The number of carbonyl (C=O) groups excluding carboxylic acids is 2. The Bertz CT molecular complexity index is 1140. The smallest absolute Gasteiger partial charge is 0.407 e. The first kappa shape index (κ1) is 22.1. The molecule has 0 bridgehead atoms. The summed E-state index contributed by atoms with van der Waals surface area (Å²) in [6, 6.07) is 16.5. The zero-order chi connectivity index (χ0) is 24.2. The monoisotopic (exact) mass is 474 g/mol. The minimum atomic E-state index is -0.748. The standard InChI is InChI=1S/C28H30N2O5/c31-24(30-13-10-21-22(15-30)25(21)26(32)33)14-28(11-5-12-28)29-27(34)35-16-23-19-8-3-1-6-17(19)18-7-2-4-9-20(18)23/h1-4,6-9,21-23,25H,5,10-16H2,(H,29,34)(H,32,33)/t21-,22+,25?/m1/s1. The Labute approximate surface area is 204 Å². The quantitative estimate of drug-likeness (QED) is 0.659. The van der Waals surface area contributed by atoms with E-state index in [1.807, 2.05) is 24.3 Å². The van der Waals surface area contributed by atoms with Crippen LogP contribution in [0, 0.1) is 17.8 Å². The summed E-state index contributed by atoms with van der Waals surface area (Å²) in [6.45, 7) is 1.36. The number of likely N-dealkylation sites (tertiary alicyclic amines) is 1. The summed E-state index contributed by atoms with van der Waals surface area (Å²) in [5, 5.41) is 12.3. The number of hydrogen-bond donors (Lipinski definition) is 2. The molecule has 182 valence electrons. The van der Waals surface area contributed by atoms with Gasteiger partial charge in [0, 0.05) is 19.0 Å². The van der Waals surface area contributed by atoms with Crippen LogP contribution in [0.3, 0.4) is 0 Å². The van der Waals surface area contributed by atoms with Gasteiger partial charge in [-0.15, -0.1) is 0 Å². The van der Waals surface area contributed by atoms with E-state index in [4.69, 9.17) is 4.74 Å². The van der Waals surface area contributed by atoms with Gasteiger partial charge in [-0.2, -0.15) is 0 Å². The van der Waals surface area contributed by atoms with Crippen LogP contribution in [0.5, 0.6) is 0 Å². The zero-order valence-electron chi connectivity index (χ0n) is 19.6. The number of rotatable bonds is 6. The fourth-order valence-corrected chi connectivity index (χ4v) is 6.53. The number of piperidine rings is 1. The number of carbonyl (C=O) groups is 3. The number of nitrogens with one attached hydrogen (secondary N) is 1. The van der Waals surface area contributed by atoms with E-state index >= 15 is 0 Å². The van der Waals surface area contributed by atoms with Crippen LogP contribution in [0.1, 0.15) is 49.1 Å². The fourth-order valence-electron chi connectivity index (χ4n) is 6.53. The molecule has 2 N–H and O–H groups in total. The number of benzene rings is 2. The first-order valence-corrected chi connectivity index (χ1v) is 12.6. The highest BCUT2D eigenvalue weighted by atomic mass is 16.5. The van der Waals surface area contributed by atoms with Gasteiger partial charge in [-0.1, -0.05) is 48.5 Å². The highest BCUT2D eigenvalue weighted by molar-refractivity contribution is 5.81. The number of carboxylic acids is 1.